The Labute approximate surface area is 105 Å². The summed E-state index contributed by atoms with van der Waals surface area (Å²) in [6, 6.07) is 3.46. The van der Waals surface area contributed by atoms with Crippen molar-refractivity contribution < 1.29 is 14.3 Å². The molecule has 5 heteroatoms. The van der Waals surface area contributed by atoms with Gasteiger partial charge in [0.25, 0.3) is 5.91 Å². The van der Waals surface area contributed by atoms with Crippen LogP contribution in [-0.4, -0.2) is 23.4 Å². The van der Waals surface area contributed by atoms with E-state index in [0.717, 1.165) is 25.3 Å². The normalized spacial score (nSPS) is 10.2. The Kier molecular flexibility index (Phi) is 5.77. The predicted molar refractivity (Wildman–Crippen MR) is 65.0 cm³/mol. The van der Waals surface area contributed by atoms with Gasteiger partial charge in [0.1, 0.15) is 11.6 Å². The van der Waals surface area contributed by atoms with Gasteiger partial charge in [-0.3, -0.25) is 4.79 Å². The lowest BCUT2D eigenvalue weighted by molar-refractivity contribution is 0.0949. The molecule has 2 N–H and O–H groups in total. The first kappa shape index (κ1) is 13.8. The number of phenolic OH excluding ortho intramolecular Hbond substituents is 1. The van der Waals surface area contributed by atoms with Crippen LogP contribution in [0.15, 0.2) is 18.2 Å². The van der Waals surface area contributed by atoms with Gasteiger partial charge in [0.2, 0.25) is 0 Å². The van der Waals surface area contributed by atoms with Gasteiger partial charge in [-0.25, -0.2) is 4.39 Å². The average Bonchev–Trinajstić information content (AvgIpc) is 2.28. The molecule has 0 saturated heterocycles. The molecule has 1 aromatic rings. The van der Waals surface area contributed by atoms with Crippen molar-refractivity contribution in [1.82, 2.24) is 5.32 Å². The summed E-state index contributed by atoms with van der Waals surface area (Å²) < 4.78 is 13.3. The van der Waals surface area contributed by atoms with E-state index in [0.29, 0.717) is 12.4 Å². The number of unbranched alkanes of at least 4 members (excludes halogenated alkanes) is 2. The zero-order valence-electron chi connectivity index (χ0n) is 9.38. The number of benzene rings is 1. The average molecular weight is 260 g/mol. The zero-order chi connectivity index (χ0) is 12.7. The Balaban J connectivity index is 2.42. The van der Waals surface area contributed by atoms with Crippen molar-refractivity contribution in [3.05, 3.63) is 29.6 Å². The number of phenols is 1. The van der Waals surface area contributed by atoms with Crippen molar-refractivity contribution in [2.24, 2.45) is 0 Å². The topological polar surface area (TPSA) is 49.3 Å². The van der Waals surface area contributed by atoms with Crippen molar-refractivity contribution in [2.45, 2.75) is 19.3 Å². The first-order chi connectivity index (χ1) is 8.15. The fourth-order valence-corrected chi connectivity index (χ4v) is 1.57. The molecule has 0 saturated carbocycles. The van der Waals surface area contributed by atoms with Crippen LogP contribution in [0.25, 0.3) is 0 Å². The van der Waals surface area contributed by atoms with Crippen LogP contribution in [0, 0.1) is 5.82 Å². The van der Waals surface area contributed by atoms with Crippen LogP contribution in [0.2, 0.25) is 0 Å². The van der Waals surface area contributed by atoms with Gasteiger partial charge in [0.05, 0.1) is 5.56 Å². The molecule has 0 radical (unpaired) electrons. The molecule has 3 nitrogen and oxygen atoms in total. The highest BCUT2D eigenvalue weighted by molar-refractivity contribution is 6.17. The largest absolute Gasteiger partial charge is 0.508 e. The fourth-order valence-electron chi connectivity index (χ4n) is 1.38. The van der Waals surface area contributed by atoms with E-state index in [1.54, 1.807) is 0 Å². The van der Waals surface area contributed by atoms with Gasteiger partial charge < -0.3 is 10.4 Å². The van der Waals surface area contributed by atoms with Crippen LogP contribution in [0.4, 0.5) is 4.39 Å². The Bertz CT molecular complexity index is 385. The Hall–Kier alpha value is -1.29. The van der Waals surface area contributed by atoms with Crippen LogP contribution < -0.4 is 5.32 Å². The number of carbonyl (C=O) groups excluding carboxylic acids is 1. The molecule has 0 heterocycles. The Morgan fingerprint density at radius 1 is 1.35 bits per heavy atom. The highest BCUT2D eigenvalue weighted by Crippen LogP contribution is 2.14. The lowest BCUT2D eigenvalue weighted by Gasteiger charge is -2.06. The number of halogens is 2. The van der Waals surface area contributed by atoms with E-state index in [4.69, 9.17) is 16.7 Å². The van der Waals surface area contributed by atoms with Gasteiger partial charge in [0, 0.05) is 18.5 Å². The molecule has 0 unspecified atom stereocenters. The zero-order valence-corrected chi connectivity index (χ0v) is 10.1. The molecule has 0 spiro atoms. The number of amides is 1. The van der Waals surface area contributed by atoms with Crippen LogP contribution in [0.3, 0.4) is 0 Å². The third-order valence-corrected chi connectivity index (χ3v) is 2.56. The highest BCUT2D eigenvalue weighted by Gasteiger charge is 2.11. The monoisotopic (exact) mass is 259 g/mol. The first-order valence-corrected chi connectivity index (χ1v) is 6.01. The van der Waals surface area contributed by atoms with E-state index >= 15 is 0 Å². The maximum absolute atomic E-state index is 13.3. The second-order valence-electron chi connectivity index (χ2n) is 3.67. The molecule has 0 atom stereocenters. The smallest absolute Gasteiger partial charge is 0.254 e. The van der Waals surface area contributed by atoms with Crippen molar-refractivity contribution >= 4 is 17.5 Å². The highest BCUT2D eigenvalue weighted by atomic mass is 35.5. The Morgan fingerprint density at radius 3 is 2.76 bits per heavy atom. The number of alkyl halides is 1. The molecule has 1 aromatic carbocycles. The molecule has 0 aliphatic rings. The van der Waals surface area contributed by atoms with Crippen LogP contribution in [0.1, 0.15) is 29.6 Å². The number of hydrogen-bond acceptors (Lipinski definition) is 2. The summed E-state index contributed by atoms with van der Waals surface area (Å²) in [7, 11) is 0. The maximum atomic E-state index is 13.3. The number of rotatable bonds is 6. The van der Waals surface area contributed by atoms with Crippen molar-refractivity contribution in [3.8, 4) is 5.75 Å². The summed E-state index contributed by atoms with van der Waals surface area (Å²) in [4.78, 5) is 11.6. The fraction of sp³-hybridized carbons (Fsp3) is 0.417. The van der Waals surface area contributed by atoms with E-state index in [9.17, 15) is 9.18 Å². The van der Waals surface area contributed by atoms with E-state index in [1.165, 1.54) is 12.1 Å². The molecular weight excluding hydrogens is 245 g/mol. The molecule has 94 valence electrons. The summed E-state index contributed by atoms with van der Waals surface area (Å²) in [5.41, 5.74) is -0.0554. The maximum Gasteiger partial charge on any atom is 0.254 e. The van der Waals surface area contributed by atoms with Crippen LogP contribution in [-0.2, 0) is 0 Å². The summed E-state index contributed by atoms with van der Waals surface area (Å²) in [5.74, 6) is -0.765. The lowest BCUT2D eigenvalue weighted by atomic mass is 10.2. The third-order valence-electron chi connectivity index (χ3n) is 2.29. The minimum atomic E-state index is -0.719. The Morgan fingerprint density at radius 2 is 2.12 bits per heavy atom. The molecule has 1 amide bonds. The third kappa shape index (κ3) is 4.61. The van der Waals surface area contributed by atoms with Gasteiger partial charge in [-0.2, -0.15) is 0 Å². The molecule has 0 bridgehead atoms. The van der Waals surface area contributed by atoms with Crippen LogP contribution >= 0.6 is 11.6 Å². The van der Waals surface area contributed by atoms with E-state index < -0.39 is 11.7 Å². The number of aromatic hydroxyl groups is 1. The van der Waals surface area contributed by atoms with Gasteiger partial charge >= 0.3 is 0 Å². The van der Waals surface area contributed by atoms with Crippen LogP contribution in [0.5, 0.6) is 5.75 Å². The van der Waals surface area contributed by atoms with Crippen molar-refractivity contribution in [3.63, 3.8) is 0 Å². The molecular formula is C12H15ClFNO2. The van der Waals surface area contributed by atoms with Gasteiger partial charge in [-0.15, -0.1) is 11.6 Å². The number of nitrogens with one attached hydrogen (secondary N) is 1. The summed E-state index contributed by atoms with van der Waals surface area (Å²) in [6.07, 6.45) is 2.66. The second-order valence-corrected chi connectivity index (χ2v) is 4.05. The number of carbonyl (C=O) groups is 1. The minimum absolute atomic E-state index is 0.0554. The molecule has 0 aromatic heterocycles. The number of hydrogen-bond donors (Lipinski definition) is 2. The molecule has 0 aliphatic heterocycles. The standard InChI is InChI=1S/C12H15ClFNO2/c13-6-2-1-3-7-15-12(17)10-5-4-9(16)8-11(10)14/h4-5,8,16H,1-3,6-7H2,(H,15,17). The minimum Gasteiger partial charge on any atom is -0.508 e. The summed E-state index contributed by atoms with van der Waals surface area (Å²) >= 11 is 5.51. The van der Waals surface area contributed by atoms with Gasteiger partial charge in [-0.05, 0) is 25.0 Å². The molecule has 0 fully saturated rings. The van der Waals surface area contributed by atoms with Crippen molar-refractivity contribution in [1.29, 1.82) is 0 Å². The lowest BCUT2D eigenvalue weighted by Crippen LogP contribution is -2.25. The second kappa shape index (κ2) is 7.12. The SMILES string of the molecule is O=C(NCCCCCCl)c1ccc(O)cc1F. The van der Waals surface area contributed by atoms with Crippen molar-refractivity contribution in [2.75, 3.05) is 12.4 Å². The molecule has 0 aliphatic carbocycles. The summed E-state index contributed by atoms with van der Waals surface area (Å²) in [6.45, 7) is 0.496. The van der Waals surface area contributed by atoms with E-state index in [2.05, 4.69) is 5.32 Å². The van der Waals surface area contributed by atoms with E-state index in [-0.39, 0.29) is 11.3 Å². The summed E-state index contributed by atoms with van der Waals surface area (Å²) in [5, 5.41) is 11.6. The quantitative estimate of drug-likeness (QED) is 0.610. The molecule has 1 rings (SSSR count). The molecule has 17 heavy (non-hydrogen) atoms. The predicted octanol–water partition coefficient (Wildman–Crippen LogP) is 2.67. The first-order valence-electron chi connectivity index (χ1n) is 5.48. The van der Waals surface area contributed by atoms with Gasteiger partial charge in [-0.1, -0.05) is 6.42 Å². The van der Waals surface area contributed by atoms with E-state index in [1.807, 2.05) is 0 Å². The van der Waals surface area contributed by atoms with Gasteiger partial charge in [0.15, 0.2) is 0 Å².